The number of nitrogens with zero attached hydrogens (tertiary/aromatic N) is 1. The minimum absolute atomic E-state index is 0. The summed E-state index contributed by atoms with van der Waals surface area (Å²) in [6.07, 6.45) is 3.42. The first-order valence-electron chi connectivity index (χ1n) is 8.58. The van der Waals surface area contributed by atoms with Crippen LogP contribution < -0.4 is 5.32 Å². The van der Waals surface area contributed by atoms with Gasteiger partial charge in [-0.15, -0.1) is 12.4 Å². The number of piperidine rings is 1. The first-order chi connectivity index (χ1) is 12.1. The highest BCUT2D eigenvalue weighted by atomic mass is 35.5. The van der Waals surface area contributed by atoms with Crippen molar-refractivity contribution in [2.45, 2.75) is 31.3 Å². The third-order valence-electron chi connectivity index (χ3n) is 4.85. The van der Waals surface area contributed by atoms with Crippen molar-refractivity contribution in [3.63, 3.8) is 0 Å². The largest absolute Gasteiger partial charge is 0.344 e. The van der Waals surface area contributed by atoms with Crippen LogP contribution in [0, 0.1) is 0 Å². The van der Waals surface area contributed by atoms with Crippen LogP contribution in [0.5, 0.6) is 0 Å². The molecule has 6 heteroatoms. The molecule has 0 aromatic heterocycles. The molecule has 1 aliphatic heterocycles. The Morgan fingerprint density at radius 1 is 1.12 bits per heavy atom. The van der Waals surface area contributed by atoms with Gasteiger partial charge in [0.1, 0.15) is 0 Å². The van der Waals surface area contributed by atoms with E-state index in [1.165, 1.54) is 12.8 Å². The van der Waals surface area contributed by atoms with Gasteiger partial charge < -0.3 is 10.2 Å². The van der Waals surface area contributed by atoms with Crippen LogP contribution >= 0.6 is 35.6 Å². The van der Waals surface area contributed by atoms with E-state index in [4.69, 9.17) is 23.2 Å². The van der Waals surface area contributed by atoms with E-state index < -0.39 is 0 Å². The summed E-state index contributed by atoms with van der Waals surface area (Å²) >= 11 is 12.3. The minimum atomic E-state index is -0.194. The Morgan fingerprint density at radius 2 is 1.85 bits per heavy atom. The molecule has 3 nitrogen and oxygen atoms in total. The highest BCUT2D eigenvalue weighted by Crippen LogP contribution is 2.30. The van der Waals surface area contributed by atoms with E-state index >= 15 is 0 Å². The van der Waals surface area contributed by atoms with Crippen molar-refractivity contribution in [1.29, 1.82) is 0 Å². The Bertz CT molecular complexity index is 739. The average Bonchev–Trinajstić information content (AvgIpc) is 2.63. The lowest BCUT2D eigenvalue weighted by Crippen LogP contribution is -2.47. The molecule has 140 valence electrons. The molecule has 0 radical (unpaired) electrons. The molecule has 26 heavy (non-hydrogen) atoms. The first-order valence-corrected chi connectivity index (χ1v) is 9.33. The Morgan fingerprint density at radius 3 is 2.54 bits per heavy atom. The zero-order valence-corrected chi connectivity index (χ0v) is 16.9. The predicted octanol–water partition coefficient (Wildman–Crippen LogP) is 5.37. The fourth-order valence-electron chi connectivity index (χ4n) is 3.48. The number of hydrogen-bond donors (Lipinski definition) is 1. The number of amides is 1. The Labute approximate surface area is 171 Å². The smallest absolute Gasteiger partial charge is 0.253 e. The normalized spacial score (nSPS) is 18.7. The molecule has 0 spiro atoms. The van der Waals surface area contributed by atoms with E-state index in [-0.39, 0.29) is 30.4 Å². The van der Waals surface area contributed by atoms with E-state index in [9.17, 15) is 4.79 Å². The van der Waals surface area contributed by atoms with Gasteiger partial charge in [-0.25, -0.2) is 0 Å². The van der Waals surface area contributed by atoms with Crippen LogP contribution in [-0.2, 0) is 0 Å². The van der Waals surface area contributed by atoms with Crippen molar-refractivity contribution in [3.8, 4) is 0 Å². The Kier molecular flexibility index (Phi) is 7.78. The van der Waals surface area contributed by atoms with Gasteiger partial charge in [0, 0.05) is 6.04 Å². The molecule has 1 amide bonds. The van der Waals surface area contributed by atoms with Gasteiger partial charge in [0.2, 0.25) is 0 Å². The topological polar surface area (TPSA) is 32.3 Å². The molecule has 0 saturated carbocycles. The molecule has 1 aliphatic rings. The van der Waals surface area contributed by atoms with Crippen LogP contribution in [0.4, 0.5) is 0 Å². The first kappa shape index (κ1) is 21.0. The summed E-state index contributed by atoms with van der Waals surface area (Å²) in [6, 6.07) is 15.4. The van der Waals surface area contributed by atoms with Gasteiger partial charge in [-0.2, -0.15) is 0 Å². The van der Waals surface area contributed by atoms with Crippen molar-refractivity contribution >= 4 is 41.5 Å². The predicted molar refractivity (Wildman–Crippen MR) is 111 cm³/mol. The number of rotatable bonds is 4. The number of carbonyl (C=O) groups is 1. The lowest BCUT2D eigenvalue weighted by Gasteiger charge is -2.38. The van der Waals surface area contributed by atoms with Crippen molar-refractivity contribution in [2.24, 2.45) is 0 Å². The molecule has 3 rings (SSSR count). The second-order valence-corrected chi connectivity index (χ2v) is 7.29. The summed E-state index contributed by atoms with van der Waals surface area (Å²) in [5.74, 6) is -0.194. The van der Waals surface area contributed by atoms with Gasteiger partial charge in [-0.05, 0) is 44.1 Å². The third kappa shape index (κ3) is 4.72. The molecule has 1 saturated heterocycles. The van der Waals surface area contributed by atoms with Crippen molar-refractivity contribution < 1.29 is 4.79 Å². The number of nitrogens with one attached hydrogen (secondary N) is 1. The maximum Gasteiger partial charge on any atom is 0.253 e. The van der Waals surface area contributed by atoms with Crippen LogP contribution in [0.15, 0.2) is 48.5 Å². The average molecular weight is 414 g/mol. The number of benzene rings is 2. The monoisotopic (exact) mass is 412 g/mol. The fraction of sp³-hybridized carbons (Fsp3) is 0.350. The number of likely N-dealkylation sites (tertiary alicyclic amines) is 1. The van der Waals surface area contributed by atoms with Crippen molar-refractivity contribution in [3.05, 3.63) is 69.7 Å². The molecule has 1 fully saturated rings. The number of likely N-dealkylation sites (N-methyl/N-ethyl adjacent to an activating group) is 1. The summed E-state index contributed by atoms with van der Waals surface area (Å²) < 4.78 is 0. The van der Waals surface area contributed by atoms with Crippen LogP contribution in [0.1, 0.15) is 41.2 Å². The summed E-state index contributed by atoms with van der Waals surface area (Å²) in [5.41, 5.74) is 1.52. The van der Waals surface area contributed by atoms with E-state index in [1.807, 2.05) is 18.2 Å². The molecular weight excluding hydrogens is 391 g/mol. The molecule has 2 atom stereocenters. The number of carbonyl (C=O) groups excluding carboxylic acids is 1. The second kappa shape index (κ2) is 9.61. The summed E-state index contributed by atoms with van der Waals surface area (Å²) in [6.45, 7) is 1.04. The summed E-state index contributed by atoms with van der Waals surface area (Å²) in [5, 5.41) is 3.88. The van der Waals surface area contributed by atoms with Gasteiger partial charge in [0.15, 0.2) is 0 Å². The lowest BCUT2D eigenvalue weighted by molar-refractivity contribution is 0.0871. The van der Waals surface area contributed by atoms with Crippen LogP contribution in [-0.4, -0.2) is 30.4 Å². The maximum absolute atomic E-state index is 12.9. The van der Waals surface area contributed by atoms with Crippen molar-refractivity contribution in [1.82, 2.24) is 10.2 Å². The lowest BCUT2D eigenvalue weighted by atomic mass is 9.91. The maximum atomic E-state index is 12.9. The zero-order valence-electron chi connectivity index (χ0n) is 14.6. The molecule has 0 unspecified atom stereocenters. The fourth-order valence-corrected chi connectivity index (χ4v) is 3.87. The van der Waals surface area contributed by atoms with Crippen molar-refractivity contribution in [2.75, 3.05) is 13.6 Å². The van der Waals surface area contributed by atoms with Crippen LogP contribution in [0.2, 0.25) is 10.0 Å². The SMILES string of the molecule is CN1CCCC[C@H]1[C@@H](NC(=O)c1cccc(Cl)c1Cl)c1ccccc1.Cl. The van der Waals surface area contributed by atoms with Crippen LogP contribution in [0.3, 0.4) is 0 Å². The van der Waals surface area contributed by atoms with Crippen LogP contribution in [0.25, 0.3) is 0 Å². The zero-order chi connectivity index (χ0) is 17.8. The highest BCUT2D eigenvalue weighted by Gasteiger charge is 2.30. The molecule has 1 N–H and O–H groups in total. The van der Waals surface area contributed by atoms with Gasteiger partial charge in [0.25, 0.3) is 5.91 Å². The Balaban J connectivity index is 0.00000243. The molecule has 2 aromatic carbocycles. The van der Waals surface area contributed by atoms with Gasteiger partial charge in [-0.3, -0.25) is 4.79 Å². The van der Waals surface area contributed by atoms with Gasteiger partial charge in [0.05, 0.1) is 21.7 Å². The molecule has 1 heterocycles. The van der Waals surface area contributed by atoms with E-state index in [0.717, 1.165) is 18.5 Å². The Hall–Kier alpha value is -1.26. The quantitative estimate of drug-likeness (QED) is 0.730. The highest BCUT2D eigenvalue weighted by molar-refractivity contribution is 6.43. The number of halogens is 3. The van der Waals surface area contributed by atoms with Gasteiger partial charge in [-0.1, -0.05) is 66.0 Å². The molecule has 2 aromatic rings. The third-order valence-corrected chi connectivity index (χ3v) is 5.67. The number of hydrogen-bond acceptors (Lipinski definition) is 2. The molecule has 0 bridgehead atoms. The van der Waals surface area contributed by atoms with E-state index in [0.29, 0.717) is 15.6 Å². The molecule has 0 aliphatic carbocycles. The van der Waals surface area contributed by atoms with E-state index in [2.05, 4.69) is 29.4 Å². The van der Waals surface area contributed by atoms with Gasteiger partial charge >= 0.3 is 0 Å². The van der Waals surface area contributed by atoms with E-state index in [1.54, 1.807) is 18.2 Å². The summed E-state index contributed by atoms with van der Waals surface area (Å²) in [4.78, 5) is 15.2. The molecular formula is C20H23Cl3N2O. The second-order valence-electron chi connectivity index (χ2n) is 6.51. The minimum Gasteiger partial charge on any atom is -0.344 e. The summed E-state index contributed by atoms with van der Waals surface area (Å²) in [7, 11) is 2.12. The standard InChI is InChI=1S/C20H22Cl2N2O.ClH/c1-24-13-6-5-12-17(24)19(14-8-3-2-4-9-14)23-20(25)15-10-7-11-16(21)18(15)22;/h2-4,7-11,17,19H,5-6,12-13H2,1H3,(H,23,25);1H/t17-,19-;/m0./s1.